The van der Waals surface area contributed by atoms with Gasteiger partial charge < -0.3 is 15.1 Å². The number of piperidine rings is 1. The highest BCUT2D eigenvalue weighted by atomic mass is 16.2. The average molecular weight is 440 g/mol. The van der Waals surface area contributed by atoms with Crippen LogP contribution in [0.3, 0.4) is 0 Å². The zero-order valence-corrected chi connectivity index (χ0v) is 18.2. The van der Waals surface area contributed by atoms with Crippen molar-refractivity contribution in [2.45, 2.75) is 25.4 Å². The third-order valence-corrected chi connectivity index (χ3v) is 6.51. The first-order valence-corrected chi connectivity index (χ1v) is 11.2. The molecule has 6 heteroatoms. The Labute approximate surface area is 192 Å². The van der Waals surface area contributed by atoms with Crippen LogP contribution in [0.4, 0.5) is 10.5 Å². The van der Waals surface area contributed by atoms with Crippen molar-refractivity contribution in [3.05, 3.63) is 90.0 Å². The van der Waals surface area contributed by atoms with Crippen molar-refractivity contribution in [3.8, 4) is 0 Å². The van der Waals surface area contributed by atoms with E-state index in [1.54, 1.807) is 11.0 Å². The highest BCUT2D eigenvalue weighted by Gasteiger charge is 2.32. The summed E-state index contributed by atoms with van der Waals surface area (Å²) in [6.07, 6.45) is 4.17. The van der Waals surface area contributed by atoms with Crippen LogP contribution in [0.15, 0.2) is 78.9 Å². The Morgan fingerprint density at radius 1 is 0.879 bits per heavy atom. The minimum absolute atomic E-state index is 0.0842. The van der Waals surface area contributed by atoms with Gasteiger partial charge in [-0.25, -0.2) is 4.79 Å². The number of amides is 3. The van der Waals surface area contributed by atoms with Gasteiger partial charge in [-0.1, -0.05) is 60.7 Å². The second-order valence-corrected chi connectivity index (χ2v) is 8.50. The fraction of sp³-hybridized carbons (Fsp3) is 0.222. The van der Waals surface area contributed by atoms with E-state index in [0.29, 0.717) is 38.0 Å². The first kappa shape index (κ1) is 20.9. The van der Waals surface area contributed by atoms with Gasteiger partial charge in [0.05, 0.1) is 0 Å². The third kappa shape index (κ3) is 4.24. The quantitative estimate of drug-likeness (QED) is 0.476. The van der Waals surface area contributed by atoms with Crippen molar-refractivity contribution in [1.82, 2.24) is 9.80 Å². The van der Waals surface area contributed by atoms with Gasteiger partial charge in [0, 0.05) is 43.0 Å². The van der Waals surface area contributed by atoms with Crippen LogP contribution in [0.25, 0.3) is 10.8 Å². The van der Waals surface area contributed by atoms with Crippen molar-refractivity contribution in [1.29, 1.82) is 0 Å². The van der Waals surface area contributed by atoms with Gasteiger partial charge in [0.1, 0.15) is 0 Å². The van der Waals surface area contributed by atoms with Gasteiger partial charge in [-0.05, 0) is 41.3 Å². The summed E-state index contributed by atoms with van der Waals surface area (Å²) < 4.78 is 0. The van der Waals surface area contributed by atoms with Crippen LogP contribution in [0.5, 0.6) is 0 Å². The predicted molar refractivity (Wildman–Crippen MR) is 128 cm³/mol. The molecule has 166 valence electrons. The molecular weight excluding hydrogens is 414 g/mol. The highest BCUT2D eigenvalue weighted by molar-refractivity contribution is 6.14. The van der Waals surface area contributed by atoms with Crippen molar-refractivity contribution in [3.63, 3.8) is 0 Å². The fourth-order valence-corrected chi connectivity index (χ4v) is 4.70. The number of ketones is 1. The molecule has 3 aromatic carbocycles. The summed E-state index contributed by atoms with van der Waals surface area (Å²) in [5, 5.41) is 4.83. The number of carbonyl (C=O) groups is 3. The van der Waals surface area contributed by atoms with E-state index in [9.17, 15) is 14.4 Å². The molecular formula is C27H25N3O3. The van der Waals surface area contributed by atoms with Gasteiger partial charge in [-0.2, -0.15) is 0 Å². The molecule has 0 aliphatic carbocycles. The van der Waals surface area contributed by atoms with Crippen molar-refractivity contribution in [2.24, 2.45) is 0 Å². The monoisotopic (exact) mass is 439 g/mol. The number of hydrogen-bond donors (Lipinski definition) is 1. The lowest BCUT2D eigenvalue weighted by atomic mass is 10.00. The first-order chi connectivity index (χ1) is 16.1. The molecule has 1 saturated heterocycles. The van der Waals surface area contributed by atoms with Gasteiger partial charge in [0.25, 0.3) is 0 Å². The smallest absolute Gasteiger partial charge is 0.322 e. The van der Waals surface area contributed by atoms with Gasteiger partial charge in [0.15, 0.2) is 5.78 Å². The van der Waals surface area contributed by atoms with Crippen LogP contribution in [-0.2, 0) is 11.3 Å². The Hall–Kier alpha value is -3.93. The van der Waals surface area contributed by atoms with Crippen molar-refractivity contribution < 1.29 is 14.4 Å². The van der Waals surface area contributed by atoms with E-state index >= 15 is 0 Å². The molecule has 0 unspecified atom stereocenters. The van der Waals surface area contributed by atoms with Crippen LogP contribution >= 0.6 is 0 Å². The van der Waals surface area contributed by atoms with Gasteiger partial charge >= 0.3 is 6.03 Å². The minimum atomic E-state index is -0.182. The molecule has 0 saturated carbocycles. The summed E-state index contributed by atoms with van der Waals surface area (Å²) >= 11 is 0. The number of nitrogens with zero attached hydrogens (tertiary/aromatic N) is 2. The number of rotatable bonds is 4. The van der Waals surface area contributed by atoms with E-state index in [-0.39, 0.29) is 23.8 Å². The third-order valence-electron chi connectivity index (χ3n) is 6.51. The molecule has 0 atom stereocenters. The van der Waals surface area contributed by atoms with Crippen LogP contribution in [-0.4, -0.2) is 46.7 Å². The maximum Gasteiger partial charge on any atom is 0.322 e. The number of likely N-dealkylation sites (tertiary alicyclic amines) is 1. The largest absolute Gasteiger partial charge is 0.339 e. The van der Waals surface area contributed by atoms with E-state index < -0.39 is 0 Å². The summed E-state index contributed by atoms with van der Waals surface area (Å²) in [6, 6.07) is 21.2. The lowest BCUT2D eigenvalue weighted by Gasteiger charge is -2.40. The molecule has 2 aliphatic heterocycles. The van der Waals surface area contributed by atoms with Crippen LogP contribution in [0.2, 0.25) is 0 Å². The van der Waals surface area contributed by atoms with Crippen molar-refractivity contribution in [2.75, 3.05) is 18.4 Å². The van der Waals surface area contributed by atoms with Crippen LogP contribution < -0.4 is 5.32 Å². The van der Waals surface area contributed by atoms with E-state index in [1.165, 1.54) is 12.2 Å². The molecule has 0 spiro atoms. The average Bonchev–Trinajstić information content (AvgIpc) is 2.86. The summed E-state index contributed by atoms with van der Waals surface area (Å²) in [5.41, 5.74) is 2.56. The van der Waals surface area contributed by atoms with E-state index in [1.807, 2.05) is 65.6 Å². The number of benzene rings is 3. The topological polar surface area (TPSA) is 69.7 Å². The number of anilines is 1. The van der Waals surface area contributed by atoms with Gasteiger partial charge in [-0.15, -0.1) is 0 Å². The molecule has 3 aromatic rings. The molecule has 1 fully saturated rings. The van der Waals surface area contributed by atoms with Crippen LogP contribution in [0.1, 0.15) is 28.8 Å². The van der Waals surface area contributed by atoms with Crippen molar-refractivity contribution >= 4 is 34.2 Å². The summed E-state index contributed by atoms with van der Waals surface area (Å²) in [4.78, 5) is 41.6. The number of hydrogen-bond acceptors (Lipinski definition) is 3. The number of carbonyl (C=O) groups excluding carboxylic acids is 3. The highest BCUT2D eigenvalue weighted by Crippen LogP contribution is 2.27. The number of fused-ring (bicyclic) bond motifs is 2. The molecule has 2 heterocycles. The molecule has 0 radical (unpaired) electrons. The Kier molecular flexibility index (Phi) is 5.65. The number of para-hydroxylation sites is 1. The second kappa shape index (κ2) is 8.90. The molecule has 2 aliphatic rings. The Balaban J connectivity index is 1.20. The van der Waals surface area contributed by atoms with Crippen LogP contribution in [0, 0.1) is 0 Å². The molecule has 1 N–H and O–H groups in total. The molecule has 0 bridgehead atoms. The minimum Gasteiger partial charge on any atom is -0.339 e. The predicted octanol–water partition coefficient (Wildman–Crippen LogP) is 4.62. The standard InChI is InChI=1S/C27H25N3O3/c31-25(23-10-5-8-19-6-1-3-9-22(19)23)12-13-26(32)29-16-14-21(15-17-29)30-18-20-7-2-4-11-24(20)28-27(30)33/h1-13,21H,14-18H2,(H,28,33). The maximum atomic E-state index is 12.7. The number of allylic oxidation sites excluding steroid dienone is 1. The molecule has 33 heavy (non-hydrogen) atoms. The van der Waals surface area contributed by atoms with E-state index in [2.05, 4.69) is 5.32 Å². The zero-order chi connectivity index (χ0) is 22.8. The van der Waals surface area contributed by atoms with Gasteiger partial charge in [0.2, 0.25) is 5.91 Å². The van der Waals surface area contributed by atoms with E-state index in [4.69, 9.17) is 0 Å². The normalized spacial score (nSPS) is 16.7. The summed E-state index contributed by atoms with van der Waals surface area (Å²) in [6.45, 7) is 1.70. The summed E-state index contributed by atoms with van der Waals surface area (Å²) in [5.74, 6) is -0.353. The number of nitrogens with one attached hydrogen (secondary N) is 1. The number of urea groups is 1. The lowest BCUT2D eigenvalue weighted by molar-refractivity contribution is -0.127. The Morgan fingerprint density at radius 2 is 1.61 bits per heavy atom. The molecule has 0 aromatic heterocycles. The molecule has 3 amide bonds. The Morgan fingerprint density at radius 3 is 2.45 bits per heavy atom. The summed E-state index contributed by atoms with van der Waals surface area (Å²) in [7, 11) is 0. The Bertz CT molecular complexity index is 1250. The fourth-order valence-electron chi connectivity index (χ4n) is 4.70. The maximum absolute atomic E-state index is 12.7. The second-order valence-electron chi connectivity index (χ2n) is 8.50. The SMILES string of the molecule is O=C(C=CC(=O)N1CCC(N2Cc3ccccc3NC2=O)CC1)c1cccc2ccccc12. The zero-order valence-electron chi connectivity index (χ0n) is 18.2. The molecule has 5 rings (SSSR count). The van der Waals surface area contributed by atoms with E-state index in [0.717, 1.165) is 22.0 Å². The first-order valence-electron chi connectivity index (χ1n) is 11.2. The van der Waals surface area contributed by atoms with Gasteiger partial charge in [-0.3, -0.25) is 9.59 Å². The lowest BCUT2D eigenvalue weighted by Crippen LogP contribution is -2.50. The molecule has 6 nitrogen and oxygen atoms in total.